The van der Waals surface area contributed by atoms with Crippen LogP contribution < -0.4 is 0 Å². The third-order valence-electron chi connectivity index (χ3n) is 7.54. The minimum absolute atomic E-state index is 0.0726. The molecule has 2 aliphatic heterocycles. The zero-order chi connectivity index (χ0) is 22.7. The summed E-state index contributed by atoms with van der Waals surface area (Å²) >= 11 is 0. The monoisotopic (exact) mass is 446 g/mol. The van der Waals surface area contributed by atoms with E-state index in [0.717, 1.165) is 38.8 Å². The topological polar surface area (TPSA) is 42.4 Å². The van der Waals surface area contributed by atoms with Crippen LogP contribution in [0.25, 0.3) is 10.8 Å². The number of pyridine rings is 1. The first-order valence-electron chi connectivity index (χ1n) is 12.1. The zero-order valence-corrected chi connectivity index (χ0v) is 19.0. The smallest absolute Gasteiger partial charge is 0.233 e. The summed E-state index contributed by atoms with van der Waals surface area (Å²) in [5.74, 6) is 0.293. The number of hydrogen-bond donors (Lipinski definition) is 0. The van der Waals surface area contributed by atoms with E-state index in [4.69, 9.17) is 4.74 Å². The molecule has 1 amide bonds. The molecule has 0 radical (unpaired) electrons. The molecule has 0 aliphatic carbocycles. The molecule has 0 unspecified atom stereocenters. The largest absolute Gasteiger partial charge is 0.381 e. The van der Waals surface area contributed by atoms with Crippen LogP contribution in [0.5, 0.6) is 0 Å². The number of carbonyl (C=O) groups excluding carboxylic acids is 1. The highest BCUT2D eigenvalue weighted by Crippen LogP contribution is 2.39. The van der Waals surface area contributed by atoms with Crippen LogP contribution >= 0.6 is 0 Å². The highest BCUT2D eigenvalue weighted by molar-refractivity contribution is 5.88. The first kappa shape index (κ1) is 22.0. The number of benzene rings is 2. The normalized spacial score (nSPS) is 21.0. The molecule has 1 atom stereocenters. The molecule has 172 valence electrons. The maximum absolute atomic E-state index is 14.8. The van der Waals surface area contributed by atoms with Gasteiger partial charge in [-0.1, -0.05) is 42.5 Å². The van der Waals surface area contributed by atoms with E-state index >= 15 is 0 Å². The summed E-state index contributed by atoms with van der Waals surface area (Å²) in [7, 11) is 0. The van der Waals surface area contributed by atoms with E-state index in [1.807, 2.05) is 29.4 Å². The predicted octanol–water partition coefficient (Wildman–Crippen LogP) is 5.29. The van der Waals surface area contributed by atoms with Gasteiger partial charge in [-0.25, -0.2) is 4.39 Å². The van der Waals surface area contributed by atoms with E-state index in [2.05, 4.69) is 23.2 Å². The Morgan fingerprint density at radius 1 is 1.03 bits per heavy atom. The number of hydrogen-bond acceptors (Lipinski definition) is 3. The zero-order valence-electron chi connectivity index (χ0n) is 19.0. The number of amides is 1. The summed E-state index contributed by atoms with van der Waals surface area (Å²) in [6.07, 6.45) is 8.97. The molecule has 0 N–H and O–H groups in total. The van der Waals surface area contributed by atoms with Gasteiger partial charge in [-0.3, -0.25) is 9.78 Å². The van der Waals surface area contributed by atoms with Gasteiger partial charge in [0.25, 0.3) is 0 Å². The fraction of sp³-hybridized carbons (Fsp3) is 0.429. The van der Waals surface area contributed by atoms with Crippen molar-refractivity contribution in [2.45, 2.75) is 43.9 Å². The molecule has 0 spiro atoms. The number of halogens is 1. The molecule has 2 aromatic carbocycles. The van der Waals surface area contributed by atoms with E-state index in [-0.39, 0.29) is 11.7 Å². The summed E-state index contributed by atoms with van der Waals surface area (Å²) in [5, 5.41) is 2.44. The molecule has 0 bridgehead atoms. The van der Waals surface area contributed by atoms with Crippen LogP contribution in [0.4, 0.5) is 4.39 Å². The van der Waals surface area contributed by atoms with Crippen molar-refractivity contribution in [2.75, 3.05) is 26.3 Å². The Labute approximate surface area is 194 Å². The Kier molecular flexibility index (Phi) is 6.41. The third kappa shape index (κ3) is 4.39. The lowest BCUT2D eigenvalue weighted by atomic mass is 9.72. The second-order valence-corrected chi connectivity index (χ2v) is 9.49. The van der Waals surface area contributed by atoms with Gasteiger partial charge in [0, 0.05) is 49.6 Å². The highest BCUT2D eigenvalue weighted by atomic mass is 19.1. The van der Waals surface area contributed by atoms with Gasteiger partial charge in [-0.05, 0) is 61.5 Å². The number of fused-ring (bicyclic) bond motifs is 1. The number of carbonyl (C=O) groups is 1. The fourth-order valence-corrected chi connectivity index (χ4v) is 5.70. The Bertz CT molecular complexity index is 1120. The Morgan fingerprint density at radius 2 is 1.82 bits per heavy atom. The van der Waals surface area contributed by atoms with Crippen molar-refractivity contribution in [1.29, 1.82) is 0 Å². The van der Waals surface area contributed by atoms with Crippen molar-refractivity contribution < 1.29 is 13.9 Å². The molecule has 0 saturated carbocycles. The van der Waals surface area contributed by atoms with Gasteiger partial charge in [0.2, 0.25) is 5.91 Å². The molecule has 3 aromatic rings. The van der Waals surface area contributed by atoms with Crippen molar-refractivity contribution in [3.63, 3.8) is 0 Å². The molecular weight excluding hydrogens is 415 g/mol. The maximum atomic E-state index is 14.8. The van der Waals surface area contributed by atoms with E-state index in [0.29, 0.717) is 37.5 Å². The summed E-state index contributed by atoms with van der Waals surface area (Å²) in [5.41, 5.74) is 0.995. The minimum atomic E-state index is -0.816. The second kappa shape index (κ2) is 9.60. The lowest BCUT2D eigenvalue weighted by Crippen LogP contribution is -2.50. The maximum Gasteiger partial charge on any atom is 0.233 e. The molecule has 33 heavy (non-hydrogen) atoms. The average Bonchev–Trinajstić information content (AvgIpc) is 3.10. The molecule has 2 aliphatic rings. The quantitative estimate of drug-likeness (QED) is 0.547. The molecule has 5 heteroatoms. The van der Waals surface area contributed by atoms with E-state index in [1.54, 1.807) is 12.1 Å². The third-order valence-corrected chi connectivity index (χ3v) is 7.54. The van der Waals surface area contributed by atoms with Gasteiger partial charge >= 0.3 is 0 Å². The lowest BCUT2D eigenvalue weighted by molar-refractivity contribution is -0.141. The van der Waals surface area contributed by atoms with Gasteiger partial charge in [0.1, 0.15) is 5.82 Å². The van der Waals surface area contributed by atoms with E-state index in [9.17, 15) is 9.18 Å². The summed E-state index contributed by atoms with van der Waals surface area (Å²) in [6, 6.07) is 15.2. The predicted molar refractivity (Wildman–Crippen MR) is 127 cm³/mol. The van der Waals surface area contributed by atoms with Crippen LogP contribution in [0.3, 0.4) is 0 Å². The van der Waals surface area contributed by atoms with Crippen LogP contribution in [0, 0.1) is 11.7 Å². The summed E-state index contributed by atoms with van der Waals surface area (Å²) in [4.78, 5) is 20.4. The van der Waals surface area contributed by atoms with Gasteiger partial charge in [0.05, 0.1) is 5.41 Å². The molecule has 2 saturated heterocycles. The average molecular weight is 447 g/mol. The summed E-state index contributed by atoms with van der Waals surface area (Å²) < 4.78 is 20.4. The van der Waals surface area contributed by atoms with Gasteiger partial charge in [0.15, 0.2) is 0 Å². The SMILES string of the molecule is O=C(N1CCC[C@H](Cc2cncc3ccccc23)CC1)C1(c2ccccc2F)CCOCC1. The van der Waals surface area contributed by atoms with E-state index in [1.165, 1.54) is 22.4 Å². The first-order valence-corrected chi connectivity index (χ1v) is 12.1. The van der Waals surface area contributed by atoms with Crippen LogP contribution in [0.15, 0.2) is 60.9 Å². The highest BCUT2D eigenvalue weighted by Gasteiger charge is 2.45. The van der Waals surface area contributed by atoms with Crippen LogP contribution in [0.1, 0.15) is 43.2 Å². The second-order valence-electron chi connectivity index (χ2n) is 9.49. The molecule has 1 aromatic heterocycles. The Morgan fingerprint density at radius 3 is 2.67 bits per heavy atom. The van der Waals surface area contributed by atoms with Crippen molar-refractivity contribution >= 4 is 16.7 Å². The fourth-order valence-electron chi connectivity index (χ4n) is 5.70. The van der Waals surface area contributed by atoms with Crippen molar-refractivity contribution in [1.82, 2.24) is 9.88 Å². The summed E-state index contributed by atoms with van der Waals surface area (Å²) in [6.45, 7) is 2.44. The van der Waals surface area contributed by atoms with Crippen molar-refractivity contribution in [3.05, 3.63) is 77.9 Å². The number of nitrogens with zero attached hydrogens (tertiary/aromatic N) is 2. The lowest BCUT2D eigenvalue weighted by Gasteiger charge is -2.40. The number of rotatable bonds is 4. The molecule has 3 heterocycles. The van der Waals surface area contributed by atoms with Crippen LogP contribution in [-0.4, -0.2) is 42.1 Å². The van der Waals surface area contributed by atoms with E-state index < -0.39 is 5.41 Å². The number of ether oxygens (including phenoxy) is 1. The molecule has 2 fully saturated rings. The van der Waals surface area contributed by atoms with Crippen LogP contribution in [-0.2, 0) is 21.4 Å². The molecular formula is C28H31FN2O2. The molecule has 4 nitrogen and oxygen atoms in total. The number of likely N-dealkylation sites (tertiary alicyclic amines) is 1. The first-order chi connectivity index (χ1) is 16.2. The Balaban J connectivity index is 1.33. The van der Waals surface area contributed by atoms with Crippen molar-refractivity contribution in [3.8, 4) is 0 Å². The number of aromatic nitrogens is 1. The minimum Gasteiger partial charge on any atom is -0.381 e. The van der Waals surface area contributed by atoms with Crippen LogP contribution in [0.2, 0.25) is 0 Å². The van der Waals surface area contributed by atoms with Crippen molar-refractivity contribution in [2.24, 2.45) is 5.92 Å². The standard InChI is InChI=1S/C28H31FN2O2/c29-26-10-4-3-9-25(26)28(12-16-33-17-13-28)27(32)31-14-5-6-21(11-15-31)18-23-20-30-19-22-7-1-2-8-24(22)23/h1-4,7-10,19-21H,5-6,11-18H2/t21-/m0/s1. The molecule has 5 rings (SSSR count). The van der Waals surface area contributed by atoms with Gasteiger partial charge in [-0.2, -0.15) is 0 Å². The Hall–Kier alpha value is -2.79. The van der Waals surface area contributed by atoms with Gasteiger partial charge < -0.3 is 9.64 Å². The van der Waals surface area contributed by atoms with Gasteiger partial charge in [-0.15, -0.1) is 0 Å².